The van der Waals surface area contributed by atoms with Crippen molar-refractivity contribution in [1.29, 1.82) is 0 Å². The van der Waals surface area contributed by atoms with Gasteiger partial charge in [0.25, 0.3) is 0 Å². The highest BCUT2D eigenvalue weighted by molar-refractivity contribution is 5.87. The summed E-state index contributed by atoms with van der Waals surface area (Å²) in [4.78, 5) is 5.52. The highest BCUT2D eigenvalue weighted by Crippen LogP contribution is 2.39. The molecule has 0 N–H and O–H groups in total. The van der Waals surface area contributed by atoms with Crippen molar-refractivity contribution in [2.75, 3.05) is 26.7 Å². The lowest BCUT2D eigenvalue weighted by Gasteiger charge is -2.47. The Hall–Kier alpha value is -3.14. The average molecular weight is 463 g/mol. The van der Waals surface area contributed by atoms with Crippen LogP contribution in [0, 0.1) is 0 Å². The number of hydrogen-bond donors (Lipinski definition) is 0. The minimum Gasteiger partial charge on any atom is -0.496 e. The van der Waals surface area contributed by atoms with Crippen molar-refractivity contribution < 1.29 is 4.74 Å². The summed E-state index contributed by atoms with van der Waals surface area (Å²) >= 11 is 0. The molecule has 4 aromatic rings. The highest BCUT2D eigenvalue weighted by Gasteiger charge is 2.42. The van der Waals surface area contributed by atoms with E-state index in [1.807, 2.05) is 0 Å². The zero-order valence-corrected chi connectivity index (χ0v) is 20.5. The van der Waals surface area contributed by atoms with E-state index in [9.17, 15) is 0 Å². The minimum absolute atomic E-state index is 0.357. The van der Waals surface area contributed by atoms with Crippen LogP contribution >= 0.6 is 0 Å². The first-order valence-corrected chi connectivity index (χ1v) is 12.9. The summed E-state index contributed by atoms with van der Waals surface area (Å²) in [5.74, 6) is 1.35. The molecular weight excluding hydrogens is 428 g/mol. The Morgan fingerprint density at radius 1 is 0.800 bits per heavy atom. The van der Waals surface area contributed by atoms with Gasteiger partial charge in [-0.05, 0) is 47.4 Å². The Kier molecular flexibility index (Phi) is 6.28. The Bertz CT molecular complexity index is 1230. The summed E-state index contributed by atoms with van der Waals surface area (Å²) < 4.78 is 5.86. The molecule has 0 aromatic heterocycles. The van der Waals surface area contributed by atoms with Crippen molar-refractivity contribution in [2.45, 2.75) is 37.4 Å². The van der Waals surface area contributed by atoms with E-state index in [0.717, 1.165) is 25.4 Å². The number of nitrogens with zero attached hydrogens (tertiary/aromatic N) is 2. The Morgan fingerprint density at radius 3 is 2.20 bits per heavy atom. The largest absolute Gasteiger partial charge is 0.496 e. The zero-order chi connectivity index (χ0) is 23.6. The first kappa shape index (κ1) is 22.3. The van der Waals surface area contributed by atoms with Crippen molar-refractivity contribution >= 4 is 10.8 Å². The summed E-state index contributed by atoms with van der Waals surface area (Å²) in [6.07, 6.45) is 2.58. The van der Waals surface area contributed by atoms with Crippen LogP contribution in [-0.4, -0.2) is 48.6 Å². The van der Waals surface area contributed by atoms with Gasteiger partial charge in [0.05, 0.1) is 7.11 Å². The third-order valence-corrected chi connectivity index (χ3v) is 8.06. The molecular formula is C32H34N2O. The van der Waals surface area contributed by atoms with Gasteiger partial charge in [0, 0.05) is 43.2 Å². The van der Waals surface area contributed by atoms with E-state index in [-0.39, 0.29) is 0 Å². The van der Waals surface area contributed by atoms with E-state index in [1.165, 1.54) is 46.8 Å². The standard InChI is InChI=1S/C32H34N2O/c1-35-31-19-18-24-11-8-9-17-28(24)29(31)22-33-21-27-16-10-20-34(27)30(23-33)32(25-12-4-2-5-13-25)26-14-6-3-7-15-26/h2-9,11-15,17-19,27,30,32H,10,16,20-23H2,1H3/t27-,30-/m0/s1. The number of piperazine rings is 1. The van der Waals surface area contributed by atoms with Crippen LogP contribution in [0.2, 0.25) is 0 Å². The Balaban J connectivity index is 1.38. The molecule has 6 rings (SSSR count). The maximum absolute atomic E-state index is 5.86. The predicted molar refractivity (Wildman–Crippen MR) is 144 cm³/mol. The lowest BCUT2D eigenvalue weighted by molar-refractivity contribution is 0.0383. The monoisotopic (exact) mass is 462 g/mol. The zero-order valence-electron chi connectivity index (χ0n) is 20.5. The molecule has 0 radical (unpaired) electrons. The van der Waals surface area contributed by atoms with Gasteiger partial charge in [-0.1, -0.05) is 91.0 Å². The van der Waals surface area contributed by atoms with Crippen LogP contribution in [0.15, 0.2) is 97.1 Å². The average Bonchev–Trinajstić information content (AvgIpc) is 3.39. The van der Waals surface area contributed by atoms with E-state index < -0.39 is 0 Å². The van der Waals surface area contributed by atoms with Gasteiger partial charge in [0.15, 0.2) is 0 Å². The minimum atomic E-state index is 0.357. The number of benzene rings is 4. The molecule has 3 nitrogen and oxygen atoms in total. The smallest absolute Gasteiger partial charge is 0.123 e. The molecule has 0 unspecified atom stereocenters. The third-order valence-electron chi connectivity index (χ3n) is 8.06. The van der Waals surface area contributed by atoms with Crippen LogP contribution in [0.1, 0.15) is 35.4 Å². The molecule has 2 aliphatic rings. The highest BCUT2D eigenvalue weighted by atomic mass is 16.5. The lowest BCUT2D eigenvalue weighted by atomic mass is 9.82. The number of hydrogen-bond acceptors (Lipinski definition) is 3. The Morgan fingerprint density at radius 2 is 1.49 bits per heavy atom. The van der Waals surface area contributed by atoms with Crippen LogP contribution in [0.25, 0.3) is 10.8 Å². The molecule has 3 heteroatoms. The normalized spacial score (nSPS) is 20.9. The van der Waals surface area contributed by atoms with E-state index >= 15 is 0 Å². The lowest BCUT2D eigenvalue weighted by Crippen LogP contribution is -2.57. The van der Waals surface area contributed by atoms with Crippen LogP contribution < -0.4 is 4.74 Å². The molecule has 2 heterocycles. The van der Waals surface area contributed by atoms with Crippen LogP contribution in [0.5, 0.6) is 5.75 Å². The molecule has 0 saturated carbocycles. The molecule has 4 aromatic carbocycles. The molecule has 0 amide bonds. The number of methoxy groups -OCH3 is 1. The van der Waals surface area contributed by atoms with E-state index in [2.05, 4.69) is 107 Å². The van der Waals surface area contributed by atoms with Gasteiger partial charge < -0.3 is 4.74 Å². The molecule has 178 valence electrons. The van der Waals surface area contributed by atoms with Crippen molar-refractivity contribution in [3.63, 3.8) is 0 Å². The second kappa shape index (κ2) is 9.85. The van der Waals surface area contributed by atoms with E-state index in [0.29, 0.717) is 18.0 Å². The third kappa shape index (κ3) is 4.35. The SMILES string of the molecule is COc1ccc2ccccc2c1CN1C[C@@H]2CCCN2[C@H](C(c2ccccc2)c2ccccc2)C1. The molecule has 0 bridgehead atoms. The van der Waals surface area contributed by atoms with Crippen LogP contribution in [-0.2, 0) is 6.54 Å². The Labute approximate surface area is 208 Å². The molecule has 2 saturated heterocycles. The number of rotatable bonds is 6. The number of fused-ring (bicyclic) bond motifs is 2. The van der Waals surface area contributed by atoms with Crippen molar-refractivity contribution in [3.05, 3.63) is 114 Å². The van der Waals surface area contributed by atoms with Crippen LogP contribution in [0.3, 0.4) is 0 Å². The molecule has 0 spiro atoms. The van der Waals surface area contributed by atoms with Crippen molar-refractivity contribution in [3.8, 4) is 5.75 Å². The van der Waals surface area contributed by atoms with Gasteiger partial charge in [-0.3, -0.25) is 9.80 Å². The molecule has 2 fully saturated rings. The van der Waals surface area contributed by atoms with Gasteiger partial charge in [-0.15, -0.1) is 0 Å². The first-order valence-electron chi connectivity index (χ1n) is 12.9. The summed E-state index contributed by atoms with van der Waals surface area (Å²) in [6, 6.07) is 36.4. The molecule has 2 aliphatic heterocycles. The van der Waals surface area contributed by atoms with Gasteiger partial charge in [0.1, 0.15) is 5.75 Å². The van der Waals surface area contributed by atoms with E-state index in [4.69, 9.17) is 4.74 Å². The number of ether oxygens (including phenoxy) is 1. The summed E-state index contributed by atoms with van der Waals surface area (Å²) in [5, 5.41) is 2.59. The fourth-order valence-electron chi connectivity index (χ4n) is 6.51. The van der Waals surface area contributed by atoms with Crippen molar-refractivity contribution in [1.82, 2.24) is 9.80 Å². The van der Waals surface area contributed by atoms with E-state index in [1.54, 1.807) is 7.11 Å². The topological polar surface area (TPSA) is 15.7 Å². The second-order valence-electron chi connectivity index (χ2n) is 10.1. The molecule has 0 aliphatic carbocycles. The quantitative estimate of drug-likeness (QED) is 0.333. The van der Waals surface area contributed by atoms with Gasteiger partial charge in [-0.2, -0.15) is 0 Å². The predicted octanol–water partition coefficient (Wildman–Crippen LogP) is 6.33. The fraction of sp³-hybridized carbons (Fsp3) is 0.312. The van der Waals surface area contributed by atoms with Crippen LogP contribution in [0.4, 0.5) is 0 Å². The maximum Gasteiger partial charge on any atom is 0.123 e. The maximum atomic E-state index is 5.86. The van der Waals surface area contributed by atoms with Crippen molar-refractivity contribution in [2.24, 2.45) is 0 Å². The second-order valence-corrected chi connectivity index (χ2v) is 10.1. The molecule has 35 heavy (non-hydrogen) atoms. The fourth-order valence-corrected chi connectivity index (χ4v) is 6.51. The molecule has 2 atom stereocenters. The van der Waals surface area contributed by atoms with Gasteiger partial charge >= 0.3 is 0 Å². The van der Waals surface area contributed by atoms with Gasteiger partial charge in [0.2, 0.25) is 0 Å². The summed E-state index contributed by atoms with van der Waals surface area (Å²) in [6.45, 7) is 4.30. The summed E-state index contributed by atoms with van der Waals surface area (Å²) in [5.41, 5.74) is 4.14. The first-order chi connectivity index (χ1) is 17.3. The summed E-state index contributed by atoms with van der Waals surface area (Å²) in [7, 11) is 1.80. The van der Waals surface area contributed by atoms with Gasteiger partial charge in [-0.25, -0.2) is 0 Å².